The Morgan fingerprint density at radius 3 is 2.85 bits per heavy atom. The minimum Gasteiger partial charge on any atom is -0.370 e. The van der Waals surface area contributed by atoms with Gasteiger partial charge in [-0.3, -0.25) is 9.67 Å². The standard InChI is InChI=1S/C19H35N5O.HI/c1-5-8-9-16(6-2)12-21-19(20-7-3)24-10-11-25-18(15-24)17-13-22-23(4)14-17;/h13-14,16,18H,5-12,15H2,1-4H3,(H,20,21);1H. The number of morpholine rings is 1. The molecule has 1 aromatic heterocycles. The van der Waals surface area contributed by atoms with Crippen molar-refractivity contribution in [3.63, 3.8) is 0 Å². The van der Waals surface area contributed by atoms with Gasteiger partial charge in [0.05, 0.1) is 19.3 Å². The van der Waals surface area contributed by atoms with Gasteiger partial charge in [0, 0.05) is 38.4 Å². The Hall–Kier alpha value is -0.830. The van der Waals surface area contributed by atoms with Crippen molar-refractivity contribution in [2.75, 3.05) is 32.8 Å². The molecule has 2 heterocycles. The quantitative estimate of drug-likeness (QED) is 0.353. The zero-order valence-corrected chi connectivity index (χ0v) is 19.1. The molecule has 1 aliphatic rings. The van der Waals surface area contributed by atoms with E-state index in [1.165, 1.54) is 25.7 Å². The fourth-order valence-electron chi connectivity index (χ4n) is 3.21. The second-order valence-corrected chi connectivity index (χ2v) is 6.86. The van der Waals surface area contributed by atoms with E-state index in [-0.39, 0.29) is 30.1 Å². The van der Waals surface area contributed by atoms with Gasteiger partial charge in [-0.25, -0.2) is 0 Å². The van der Waals surface area contributed by atoms with Gasteiger partial charge >= 0.3 is 0 Å². The lowest BCUT2D eigenvalue weighted by Gasteiger charge is -2.35. The maximum atomic E-state index is 5.96. The second kappa shape index (κ2) is 12.5. The summed E-state index contributed by atoms with van der Waals surface area (Å²) in [6, 6.07) is 0. The number of aromatic nitrogens is 2. The third kappa shape index (κ3) is 7.06. The van der Waals surface area contributed by atoms with Gasteiger partial charge in [-0.1, -0.05) is 33.1 Å². The number of hydrogen-bond acceptors (Lipinski definition) is 3. The van der Waals surface area contributed by atoms with Gasteiger partial charge in [0.15, 0.2) is 5.96 Å². The van der Waals surface area contributed by atoms with E-state index >= 15 is 0 Å². The van der Waals surface area contributed by atoms with Gasteiger partial charge in [-0.2, -0.15) is 5.10 Å². The van der Waals surface area contributed by atoms with Crippen LogP contribution in [-0.4, -0.2) is 53.4 Å². The Morgan fingerprint density at radius 1 is 1.42 bits per heavy atom. The molecule has 7 heteroatoms. The normalized spacial score (nSPS) is 19.2. The molecule has 0 spiro atoms. The van der Waals surface area contributed by atoms with Crippen LogP contribution in [-0.2, 0) is 11.8 Å². The zero-order chi connectivity index (χ0) is 18.1. The van der Waals surface area contributed by atoms with Crippen LogP contribution in [0.5, 0.6) is 0 Å². The molecule has 150 valence electrons. The number of nitrogens with one attached hydrogen (secondary N) is 1. The molecular weight excluding hydrogens is 441 g/mol. The van der Waals surface area contributed by atoms with E-state index in [1.807, 2.05) is 24.1 Å². The van der Waals surface area contributed by atoms with Crippen LogP contribution in [0.25, 0.3) is 0 Å². The molecule has 1 fully saturated rings. The Labute approximate surface area is 175 Å². The first kappa shape index (κ1) is 23.2. The lowest BCUT2D eigenvalue weighted by molar-refractivity contribution is -0.00806. The molecule has 1 saturated heterocycles. The summed E-state index contributed by atoms with van der Waals surface area (Å²) < 4.78 is 7.79. The highest BCUT2D eigenvalue weighted by Gasteiger charge is 2.25. The van der Waals surface area contributed by atoms with Gasteiger partial charge in [0.25, 0.3) is 0 Å². The smallest absolute Gasteiger partial charge is 0.194 e. The highest BCUT2D eigenvalue weighted by molar-refractivity contribution is 14.0. The van der Waals surface area contributed by atoms with Crippen molar-refractivity contribution in [2.24, 2.45) is 18.0 Å². The third-order valence-electron chi connectivity index (χ3n) is 4.84. The summed E-state index contributed by atoms with van der Waals surface area (Å²) >= 11 is 0. The van der Waals surface area contributed by atoms with Gasteiger partial charge < -0.3 is 15.0 Å². The van der Waals surface area contributed by atoms with Gasteiger partial charge in [0.2, 0.25) is 0 Å². The molecule has 0 bridgehead atoms. The third-order valence-corrected chi connectivity index (χ3v) is 4.84. The first-order valence-electron chi connectivity index (χ1n) is 9.81. The van der Waals surface area contributed by atoms with Crippen LogP contribution in [0.4, 0.5) is 0 Å². The molecule has 0 amide bonds. The Balaban J connectivity index is 0.00000338. The minimum atomic E-state index is 0. The minimum absolute atomic E-state index is 0. The number of halogens is 1. The van der Waals surface area contributed by atoms with Crippen LogP contribution in [0.3, 0.4) is 0 Å². The molecule has 2 atom stereocenters. The molecule has 2 unspecified atom stereocenters. The number of aliphatic imine (C=N–C) groups is 1. The van der Waals surface area contributed by atoms with Gasteiger partial charge in [0.1, 0.15) is 6.10 Å². The Bertz CT molecular complexity index is 534. The number of aryl methyl sites for hydroxylation is 1. The van der Waals surface area contributed by atoms with Crippen molar-refractivity contribution in [3.05, 3.63) is 18.0 Å². The fourth-order valence-corrected chi connectivity index (χ4v) is 3.21. The first-order valence-corrected chi connectivity index (χ1v) is 9.81. The van der Waals surface area contributed by atoms with Crippen molar-refractivity contribution in [1.29, 1.82) is 0 Å². The molecule has 0 radical (unpaired) electrons. The molecule has 0 saturated carbocycles. The SMILES string of the molecule is CCCCC(CC)CN=C(NCC)N1CCOC(c2cnn(C)c2)C1.I. The topological polar surface area (TPSA) is 54.7 Å². The molecule has 1 aromatic rings. The Morgan fingerprint density at radius 2 is 2.23 bits per heavy atom. The molecule has 0 aliphatic carbocycles. The van der Waals surface area contributed by atoms with E-state index in [2.05, 4.69) is 36.1 Å². The molecule has 26 heavy (non-hydrogen) atoms. The summed E-state index contributed by atoms with van der Waals surface area (Å²) in [7, 11) is 1.94. The maximum Gasteiger partial charge on any atom is 0.194 e. The summed E-state index contributed by atoms with van der Waals surface area (Å²) in [5.74, 6) is 1.71. The van der Waals surface area contributed by atoms with Crippen molar-refractivity contribution in [1.82, 2.24) is 20.0 Å². The maximum absolute atomic E-state index is 5.96. The van der Waals surface area contributed by atoms with Crippen LogP contribution in [0.1, 0.15) is 58.1 Å². The summed E-state index contributed by atoms with van der Waals surface area (Å²) in [5, 5.41) is 7.73. The molecule has 1 N–H and O–H groups in total. The molecular formula is C19H36IN5O. The van der Waals surface area contributed by atoms with E-state index in [0.29, 0.717) is 5.92 Å². The molecule has 0 aromatic carbocycles. The van der Waals surface area contributed by atoms with Crippen LogP contribution in [0, 0.1) is 5.92 Å². The second-order valence-electron chi connectivity index (χ2n) is 6.86. The van der Waals surface area contributed by atoms with Crippen molar-refractivity contribution >= 4 is 29.9 Å². The lowest BCUT2D eigenvalue weighted by atomic mass is 10.00. The fraction of sp³-hybridized carbons (Fsp3) is 0.789. The van der Waals surface area contributed by atoms with E-state index in [0.717, 1.165) is 44.3 Å². The van der Waals surface area contributed by atoms with Gasteiger partial charge in [-0.05, 0) is 19.3 Å². The average Bonchev–Trinajstić information content (AvgIpc) is 3.07. The average molecular weight is 477 g/mol. The number of hydrogen-bond donors (Lipinski definition) is 1. The van der Waals surface area contributed by atoms with E-state index in [4.69, 9.17) is 9.73 Å². The van der Waals surface area contributed by atoms with Crippen LogP contribution in [0.15, 0.2) is 17.4 Å². The number of rotatable bonds is 8. The number of ether oxygens (including phenoxy) is 1. The molecule has 2 rings (SSSR count). The van der Waals surface area contributed by atoms with Crippen LogP contribution in [0.2, 0.25) is 0 Å². The monoisotopic (exact) mass is 477 g/mol. The number of guanidine groups is 1. The van der Waals surface area contributed by atoms with Gasteiger partial charge in [-0.15, -0.1) is 24.0 Å². The summed E-state index contributed by atoms with van der Waals surface area (Å²) in [4.78, 5) is 7.28. The van der Waals surface area contributed by atoms with Crippen molar-refractivity contribution in [3.8, 4) is 0 Å². The predicted molar refractivity (Wildman–Crippen MR) is 118 cm³/mol. The van der Waals surface area contributed by atoms with E-state index < -0.39 is 0 Å². The van der Waals surface area contributed by atoms with Crippen LogP contribution >= 0.6 is 24.0 Å². The molecule has 1 aliphatic heterocycles. The summed E-state index contributed by atoms with van der Waals surface area (Å²) in [5.41, 5.74) is 1.14. The highest BCUT2D eigenvalue weighted by atomic mass is 127. The van der Waals surface area contributed by atoms with Crippen molar-refractivity contribution < 1.29 is 4.74 Å². The lowest BCUT2D eigenvalue weighted by Crippen LogP contribution is -2.48. The van der Waals surface area contributed by atoms with Crippen LogP contribution < -0.4 is 5.32 Å². The Kier molecular flexibility index (Phi) is 11.2. The highest BCUT2D eigenvalue weighted by Crippen LogP contribution is 2.22. The van der Waals surface area contributed by atoms with E-state index in [9.17, 15) is 0 Å². The van der Waals surface area contributed by atoms with Crippen molar-refractivity contribution in [2.45, 2.75) is 52.6 Å². The first-order chi connectivity index (χ1) is 12.2. The zero-order valence-electron chi connectivity index (χ0n) is 16.8. The summed E-state index contributed by atoms with van der Waals surface area (Å²) in [6.07, 6.45) is 9.03. The number of unbranched alkanes of at least 4 members (excludes halogenated alkanes) is 1. The molecule has 6 nitrogen and oxygen atoms in total. The predicted octanol–water partition coefficient (Wildman–Crippen LogP) is 3.59. The largest absolute Gasteiger partial charge is 0.370 e. The van der Waals surface area contributed by atoms with E-state index in [1.54, 1.807) is 0 Å². The number of nitrogens with zero attached hydrogens (tertiary/aromatic N) is 4. The summed E-state index contributed by atoms with van der Waals surface area (Å²) in [6.45, 7) is 10.9.